The molecule has 4 nitrogen and oxygen atoms in total. The fourth-order valence-corrected chi connectivity index (χ4v) is 4.73. The molecule has 1 aliphatic carbocycles. The highest BCUT2D eigenvalue weighted by Gasteiger charge is 2.32. The normalized spacial score (nSPS) is 16.8. The van der Waals surface area contributed by atoms with Gasteiger partial charge in [0.05, 0.1) is 4.90 Å². The largest absolute Gasteiger partial charge is 0.316 e. The Bertz CT molecular complexity index is 583. The lowest BCUT2D eigenvalue weighted by Gasteiger charge is -2.27. The molecular formula is C15H23FN2O2S. The average molecular weight is 314 g/mol. The maximum absolute atomic E-state index is 13.7. The summed E-state index contributed by atoms with van der Waals surface area (Å²) in [4.78, 5) is 0.183. The molecule has 1 N–H and O–H groups in total. The number of benzene rings is 1. The zero-order valence-electron chi connectivity index (χ0n) is 12.6. The predicted octanol–water partition coefficient (Wildman–Crippen LogP) is 2.50. The highest BCUT2D eigenvalue weighted by molar-refractivity contribution is 7.89. The van der Waals surface area contributed by atoms with Gasteiger partial charge in [0.15, 0.2) is 0 Å². The van der Waals surface area contributed by atoms with E-state index in [9.17, 15) is 12.8 Å². The average Bonchev–Trinajstić information content (AvgIpc) is 2.95. The molecule has 0 unspecified atom stereocenters. The van der Waals surface area contributed by atoms with Gasteiger partial charge in [-0.2, -0.15) is 4.31 Å². The molecule has 1 saturated carbocycles. The zero-order chi connectivity index (χ0) is 15.5. The van der Waals surface area contributed by atoms with Crippen LogP contribution >= 0.6 is 0 Å². The number of halogens is 1. The van der Waals surface area contributed by atoms with E-state index in [4.69, 9.17) is 0 Å². The summed E-state index contributed by atoms with van der Waals surface area (Å²) < 4.78 is 40.8. The molecule has 0 aromatic heterocycles. The van der Waals surface area contributed by atoms with Crippen LogP contribution in [0.1, 0.15) is 38.2 Å². The lowest BCUT2D eigenvalue weighted by molar-refractivity contribution is 0.335. The van der Waals surface area contributed by atoms with Crippen molar-refractivity contribution >= 4 is 10.0 Å². The number of hydrogen-bond acceptors (Lipinski definition) is 3. The van der Waals surface area contributed by atoms with Crippen LogP contribution in [0, 0.1) is 5.82 Å². The topological polar surface area (TPSA) is 49.4 Å². The number of rotatable bonds is 6. The van der Waals surface area contributed by atoms with Gasteiger partial charge < -0.3 is 5.32 Å². The molecule has 6 heteroatoms. The second-order valence-electron chi connectivity index (χ2n) is 5.43. The van der Waals surface area contributed by atoms with Gasteiger partial charge in [-0.15, -0.1) is 0 Å². The van der Waals surface area contributed by atoms with Gasteiger partial charge in [-0.3, -0.25) is 0 Å². The van der Waals surface area contributed by atoms with Gasteiger partial charge >= 0.3 is 0 Å². The molecule has 2 rings (SSSR count). The van der Waals surface area contributed by atoms with E-state index < -0.39 is 10.0 Å². The Labute approximate surface area is 126 Å². The molecule has 0 aliphatic heterocycles. The molecule has 0 atom stereocenters. The minimum absolute atomic E-state index is 0.0813. The van der Waals surface area contributed by atoms with Crippen molar-refractivity contribution in [1.82, 2.24) is 9.62 Å². The minimum atomic E-state index is -3.55. The summed E-state index contributed by atoms with van der Waals surface area (Å²) >= 11 is 0. The summed E-state index contributed by atoms with van der Waals surface area (Å²) in [5.74, 6) is -0.382. The third-order valence-electron chi connectivity index (χ3n) is 4.03. The van der Waals surface area contributed by atoms with Crippen LogP contribution in [0.5, 0.6) is 0 Å². The van der Waals surface area contributed by atoms with Gasteiger partial charge in [0.1, 0.15) is 5.82 Å². The van der Waals surface area contributed by atoms with Crippen LogP contribution in [0.2, 0.25) is 0 Å². The lowest BCUT2D eigenvalue weighted by Crippen LogP contribution is -2.38. The quantitative estimate of drug-likeness (QED) is 0.877. The van der Waals surface area contributed by atoms with Crippen LogP contribution in [0.25, 0.3) is 0 Å². The maximum Gasteiger partial charge on any atom is 0.243 e. The monoisotopic (exact) mass is 314 g/mol. The molecule has 1 aromatic carbocycles. The molecule has 0 bridgehead atoms. The third-order valence-corrected chi connectivity index (χ3v) is 6.06. The van der Waals surface area contributed by atoms with E-state index in [0.717, 1.165) is 25.7 Å². The van der Waals surface area contributed by atoms with Crippen molar-refractivity contribution in [2.75, 3.05) is 13.6 Å². The van der Waals surface area contributed by atoms with Gasteiger partial charge in [0, 0.05) is 24.7 Å². The summed E-state index contributed by atoms with van der Waals surface area (Å²) in [6, 6.07) is 4.13. The van der Waals surface area contributed by atoms with E-state index in [2.05, 4.69) is 5.32 Å². The van der Waals surface area contributed by atoms with E-state index in [0.29, 0.717) is 18.7 Å². The van der Waals surface area contributed by atoms with Gasteiger partial charge in [-0.25, -0.2) is 12.8 Å². The summed E-state index contributed by atoms with van der Waals surface area (Å²) in [7, 11) is -1.85. The van der Waals surface area contributed by atoms with E-state index in [1.54, 1.807) is 11.4 Å². The summed E-state index contributed by atoms with van der Waals surface area (Å²) in [6.07, 6.45) is 3.98. The molecule has 0 radical (unpaired) electrons. The van der Waals surface area contributed by atoms with Crippen molar-refractivity contribution < 1.29 is 12.8 Å². The summed E-state index contributed by atoms with van der Waals surface area (Å²) in [6.45, 7) is 2.62. The highest BCUT2D eigenvalue weighted by Crippen LogP contribution is 2.29. The van der Waals surface area contributed by atoms with Crippen LogP contribution in [0.3, 0.4) is 0 Å². The van der Waals surface area contributed by atoms with Gasteiger partial charge in [0.25, 0.3) is 0 Å². The number of sulfonamides is 1. The Morgan fingerprint density at radius 1 is 1.33 bits per heavy atom. The Kier molecular flexibility index (Phi) is 5.35. The van der Waals surface area contributed by atoms with E-state index in [1.807, 2.05) is 6.92 Å². The van der Waals surface area contributed by atoms with Crippen molar-refractivity contribution in [2.45, 2.75) is 50.1 Å². The number of nitrogens with one attached hydrogen (secondary N) is 1. The second kappa shape index (κ2) is 6.85. The standard InChI is InChI=1S/C15H23FN2O2S/c1-3-18(13-6-4-5-7-13)21(19,20)14-8-9-15(16)12(10-14)11-17-2/h8-10,13,17H,3-7,11H2,1-2H3. The first-order valence-corrected chi connectivity index (χ1v) is 8.89. The molecule has 0 saturated heterocycles. The third kappa shape index (κ3) is 3.44. The molecule has 0 amide bonds. The van der Waals surface area contributed by atoms with Gasteiger partial charge in [0.2, 0.25) is 10.0 Å². The molecule has 21 heavy (non-hydrogen) atoms. The van der Waals surface area contributed by atoms with Gasteiger partial charge in [-0.1, -0.05) is 19.8 Å². The van der Waals surface area contributed by atoms with Crippen LogP contribution in [0.4, 0.5) is 4.39 Å². The first kappa shape index (κ1) is 16.4. The zero-order valence-corrected chi connectivity index (χ0v) is 13.4. The first-order valence-electron chi connectivity index (χ1n) is 7.45. The SMILES string of the molecule is CCN(C1CCCC1)S(=O)(=O)c1ccc(F)c(CNC)c1. The van der Waals surface area contributed by atoms with E-state index in [-0.39, 0.29) is 16.8 Å². The van der Waals surface area contributed by atoms with E-state index >= 15 is 0 Å². The van der Waals surface area contributed by atoms with Crippen LogP contribution in [-0.2, 0) is 16.6 Å². The molecule has 0 heterocycles. The minimum Gasteiger partial charge on any atom is -0.316 e. The fraction of sp³-hybridized carbons (Fsp3) is 0.600. The molecular weight excluding hydrogens is 291 g/mol. The summed E-state index contributed by atoms with van der Waals surface area (Å²) in [5, 5.41) is 2.85. The Hall–Kier alpha value is -0.980. The Morgan fingerprint density at radius 2 is 2.00 bits per heavy atom. The van der Waals surface area contributed by atoms with Crippen molar-refractivity contribution in [3.63, 3.8) is 0 Å². The summed E-state index contributed by atoms with van der Waals surface area (Å²) in [5.41, 5.74) is 0.376. The molecule has 1 aliphatic rings. The predicted molar refractivity (Wildman–Crippen MR) is 81.0 cm³/mol. The Balaban J connectivity index is 2.35. The maximum atomic E-state index is 13.7. The van der Waals surface area contributed by atoms with Crippen molar-refractivity contribution in [1.29, 1.82) is 0 Å². The van der Waals surface area contributed by atoms with Crippen molar-refractivity contribution in [3.05, 3.63) is 29.6 Å². The highest BCUT2D eigenvalue weighted by atomic mass is 32.2. The van der Waals surface area contributed by atoms with Crippen LogP contribution < -0.4 is 5.32 Å². The second-order valence-corrected chi connectivity index (χ2v) is 7.32. The van der Waals surface area contributed by atoms with E-state index in [1.165, 1.54) is 18.2 Å². The van der Waals surface area contributed by atoms with Crippen molar-refractivity contribution in [3.8, 4) is 0 Å². The number of hydrogen-bond donors (Lipinski definition) is 1. The molecule has 1 aromatic rings. The smallest absolute Gasteiger partial charge is 0.243 e. The first-order chi connectivity index (χ1) is 10.0. The Morgan fingerprint density at radius 3 is 2.57 bits per heavy atom. The molecule has 1 fully saturated rings. The fourth-order valence-electron chi connectivity index (χ4n) is 2.99. The van der Waals surface area contributed by atoms with Gasteiger partial charge in [-0.05, 0) is 38.1 Å². The van der Waals surface area contributed by atoms with Crippen LogP contribution in [0.15, 0.2) is 23.1 Å². The molecule has 0 spiro atoms. The lowest BCUT2D eigenvalue weighted by atomic mass is 10.2. The van der Waals surface area contributed by atoms with Crippen LogP contribution in [-0.4, -0.2) is 32.4 Å². The number of nitrogens with zero attached hydrogens (tertiary/aromatic N) is 1. The van der Waals surface area contributed by atoms with Crippen molar-refractivity contribution in [2.24, 2.45) is 0 Å². The molecule has 118 valence electrons.